The summed E-state index contributed by atoms with van der Waals surface area (Å²) < 4.78 is 2.06. The topological polar surface area (TPSA) is 34.7 Å². The zero-order valence-electron chi connectivity index (χ0n) is 17.6. The Labute approximate surface area is 183 Å². The number of pyridine rings is 1. The zero-order chi connectivity index (χ0) is 21.0. The molecule has 4 heteroatoms. The van der Waals surface area contributed by atoms with Crippen LogP contribution in [-0.4, -0.2) is 40.4 Å². The van der Waals surface area contributed by atoms with Gasteiger partial charge in [-0.1, -0.05) is 66.7 Å². The molecule has 4 aromatic rings. The smallest absolute Gasteiger partial charge is 0.102 e. The number of benzene rings is 2. The molecule has 2 aromatic carbocycles. The van der Waals surface area contributed by atoms with Gasteiger partial charge in [-0.05, 0) is 23.3 Å². The van der Waals surface area contributed by atoms with Gasteiger partial charge in [0.05, 0.1) is 17.1 Å². The highest BCUT2D eigenvalue weighted by molar-refractivity contribution is 5.65. The first-order valence-corrected chi connectivity index (χ1v) is 10.9. The monoisotopic (exact) mass is 406 g/mol. The van der Waals surface area contributed by atoms with Crippen LogP contribution in [0.4, 0.5) is 0 Å². The van der Waals surface area contributed by atoms with Crippen molar-refractivity contribution in [3.05, 3.63) is 114 Å². The third-order valence-electron chi connectivity index (χ3n) is 6.27. The van der Waals surface area contributed by atoms with Gasteiger partial charge in [0.1, 0.15) is 6.07 Å². The van der Waals surface area contributed by atoms with Crippen molar-refractivity contribution in [3.63, 3.8) is 0 Å². The Morgan fingerprint density at radius 3 is 2.00 bits per heavy atom. The van der Waals surface area contributed by atoms with Gasteiger partial charge in [0.25, 0.3) is 0 Å². The molecule has 2 aromatic heterocycles. The molecule has 4 nitrogen and oxygen atoms in total. The molecule has 0 amide bonds. The zero-order valence-corrected chi connectivity index (χ0v) is 17.6. The standard InChI is InChI=1S/C27H26N4/c28-19-25-24(21-31-14-8-7-13-26(25)31)20-29-15-17-30(18-16-29)27(22-9-3-1-4-10-22)23-11-5-2-6-12-23/h1-14,21,27H,15-18,20H2. The van der Waals surface area contributed by atoms with Gasteiger partial charge in [-0.15, -0.1) is 0 Å². The number of hydrogen-bond donors (Lipinski definition) is 0. The predicted octanol–water partition coefficient (Wildman–Crippen LogP) is 4.72. The third kappa shape index (κ3) is 3.98. The number of piperazine rings is 1. The molecule has 31 heavy (non-hydrogen) atoms. The summed E-state index contributed by atoms with van der Waals surface area (Å²) in [5.74, 6) is 0. The van der Waals surface area contributed by atoms with Crippen LogP contribution >= 0.6 is 0 Å². The summed E-state index contributed by atoms with van der Waals surface area (Å²) in [6.45, 7) is 4.81. The highest BCUT2D eigenvalue weighted by Gasteiger charge is 2.27. The lowest BCUT2D eigenvalue weighted by molar-refractivity contribution is 0.105. The number of nitriles is 1. The Kier molecular flexibility index (Phi) is 5.54. The van der Waals surface area contributed by atoms with Gasteiger partial charge in [-0.2, -0.15) is 5.26 Å². The normalized spacial score (nSPS) is 15.4. The molecule has 0 atom stereocenters. The van der Waals surface area contributed by atoms with Crippen LogP contribution in [0.3, 0.4) is 0 Å². The van der Waals surface area contributed by atoms with E-state index in [1.807, 2.05) is 24.4 Å². The van der Waals surface area contributed by atoms with Crippen molar-refractivity contribution in [3.8, 4) is 6.07 Å². The van der Waals surface area contributed by atoms with E-state index in [-0.39, 0.29) is 6.04 Å². The second-order valence-corrected chi connectivity index (χ2v) is 8.17. The maximum atomic E-state index is 9.71. The quantitative estimate of drug-likeness (QED) is 0.481. The minimum Gasteiger partial charge on any atom is -0.322 e. The van der Waals surface area contributed by atoms with Gasteiger partial charge in [0, 0.05) is 50.7 Å². The molecule has 1 fully saturated rings. The predicted molar refractivity (Wildman–Crippen MR) is 124 cm³/mol. The van der Waals surface area contributed by atoms with Gasteiger partial charge in [0.2, 0.25) is 0 Å². The van der Waals surface area contributed by atoms with E-state index in [2.05, 4.69) is 87.1 Å². The van der Waals surface area contributed by atoms with Gasteiger partial charge in [0.15, 0.2) is 0 Å². The van der Waals surface area contributed by atoms with Gasteiger partial charge in [-0.25, -0.2) is 0 Å². The largest absolute Gasteiger partial charge is 0.322 e. The van der Waals surface area contributed by atoms with Crippen LogP contribution in [-0.2, 0) is 6.54 Å². The van der Waals surface area contributed by atoms with Crippen LogP contribution in [0.5, 0.6) is 0 Å². The van der Waals surface area contributed by atoms with Crippen molar-refractivity contribution in [2.24, 2.45) is 0 Å². The summed E-state index contributed by atoms with van der Waals surface area (Å²) in [5.41, 5.74) is 5.59. The van der Waals surface area contributed by atoms with E-state index in [9.17, 15) is 5.26 Å². The Bertz CT molecular complexity index is 1140. The minimum atomic E-state index is 0.274. The molecule has 1 saturated heterocycles. The maximum Gasteiger partial charge on any atom is 0.102 e. The van der Waals surface area contributed by atoms with Crippen LogP contribution in [0, 0.1) is 11.3 Å². The van der Waals surface area contributed by atoms with Crippen molar-refractivity contribution < 1.29 is 0 Å². The van der Waals surface area contributed by atoms with Gasteiger partial charge >= 0.3 is 0 Å². The third-order valence-corrected chi connectivity index (χ3v) is 6.27. The lowest BCUT2D eigenvalue weighted by atomic mass is 9.96. The molecule has 0 saturated carbocycles. The van der Waals surface area contributed by atoms with Gasteiger partial charge in [-0.3, -0.25) is 9.80 Å². The SMILES string of the molecule is N#Cc1c(CN2CCN(C(c3ccccc3)c3ccccc3)CC2)cn2ccccc12. The molecule has 0 N–H and O–H groups in total. The highest BCUT2D eigenvalue weighted by Crippen LogP contribution is 2.30. The van der Waals surface area contributed by atoms with E-state index in [0.717, 1.165) is 49.4 Å². The maximum absolute atomic E-state index is 9.71. The van der Waals surface area contributed by atoms with Crippen LogP contribution in [0.1, 0.15) is 28.3 Å². The first kappa shape index (κ1) is 19.6. The molecular formula is C27H26N4. The number of aromatic nitrogens is 1. The van der Waals surface area contributed by atoms with Crippen molar-refractivity contribution in [1.29, 1.82) is 5.26 Å². The van der Waals surface area contributed by atoms with Crippen molar-refractivity contribution in [2.45, 2.75) is 12.6 Å². The molecule has 1 aliphatic heterocycles. The molecule has 0 bridgehead atoms. The van der Waals surface area contributed by atoms with Crippen molar-refractivity contribution in [1.82, 2.24) is 14.2 Å². The molecular weight excluding hydrogens is 380 g/mol. The first-order valence-electron chi connectivity index (χ1n) is 10.9. The summed E-state index contributed by atoms with van der Waals surface area (Å²) in [4.78, 5) is 5.06. The Balaban J connectivity index is 1.33. The highest BCUT2D eigenvalue weighted by atomic mass is 15.3. The fraction of sp³-hybridized carbons (Fsp3) is 0.222. The first-order chi connectivity index (χ1) is 15.3. The Morgan fingerprint density at radius 1 is 0.774 bits per heavy atom. The second-order valence-electron chi connectivity index (χ2n) is 8.17. The number of rotatable bonds is 5. The van der Waals surface area contributed by atoms with Crippen molar-refractivity contribution >= 4 is 5.52 Å². The molecule has 5 rings (SSSR count). The van der Waals surface area contributed by atoms with E-state index in [1.54, 1.807) is 0 Å². The molecule has 0 unspecified atom stereocenters. The van der Waals surface area contributed by atoms with Crippen LogP contribution < -0.4 is 0 Å². The summed E-state index contributed by atoms with van der Waals surface area (Å²) in [6.07, 6.45) is 4.12. The Hall–Kier alpha value is -3.39. The molecule has 3 heterocycles. The summed E-state index contributed by atoms with van der Waals surface area (Å²) in [5, 5.41) is 9.71. The van der Waals surface area contributed by atoms with E-state index >= 15 is 0 Å². The molecule has 0 spiro atoms. The average Bonchev–Trinajstić information content (AvgIpc) is 3.19. The minimum absolute atomic E-state index is 0.274. The fourth-order valence-corrected chi connectivity index (χ4v) is 4.73. The molecule has 1 aliphatic rings. The van der Waals surface area contributed by atoms with E-state index in [1.165, 1.54) is 11.1 Å². The number of fused-ring (bicyclic) bond motifs is 1. The van der Waals surface area contributed by atoms with Crippen LogP contribution in [0.15, 0.2) is 91.3 Å². The van der Waals surface area contributed by atoms with E-state index < -0.39 is 0 Å². The number of hydrogen-bond acceptors (Lipinski definition) is 3. The van der Waals surface area contributed by atoms with Crippen molar-refractivity contribution in [2.75, 3.05) is 26.2 Å². The van der Waals surface area contributed by atoms with Crippen LogP contribution in [0.2, 0.25) is 0 Å². The lowest BCUT2D eigenvalue weighted by Crippen LogP contribution is -2.47. The number of nitrogens with zero attached hydrogens (tertiary/aromatic N) is 4. The average molecular weight is 407 g/mol. The van der Waals surface area contributed by atoms with E-state index in [0.29, 0.717) is 0 Å². The summed E-state index contributed by atoms with van der Waals surface area (Å²) in [7, 11) is 0. The second kappa shape index (κ2) is 8.77. The molecule has 0 aliphatic carbocycles. The lowest BCUT2D eigenvalue weighted by Gasteiger charge is -2.39. The summed E-state index contributed by atoms with van der Waals surface area (Å²) >= 11 is 0. The fourth-order valence-electron chi connectivity index (χ4n) is 4.73. The Morgan fingerprint density at radius 2 is 1.39 bits per heavy atom. The van der Waals surface area contributed by atoms with Gasteiger partial charge < -0.3 is 4.40 Å². The molecule has 154 valence electrons. The molecule has 0 radical (unpaired) electrons. The van der Waals surface area contributed by atoms with Crippen LogP contribution in [0.25, 0.3) is 5.52 Å². The van der Waals surface area contributed by atoms with E-state index in [4.69, 9.17) is 0 Å². The summed E-state index contributed by atoms with van der Waals surface area (Å²) in [6, 6.07) is 30.3.